The van der Waals surface area contributed by atoms with Gasteiger partial charge in [0.1, 0.15) is 21.4 Å². The highest BCUT2D eigenvalue weighted by molar-refractivity contribution is 6.38. The molecule has 4 nitrogen and oxygen atoms in total. The van der Waals surface area contributed by atoms with Crippen LogP contribution in [0.2, 0.25) is 0 Å². The molecule has 1 aliphatic heterocycles. The zero-order valence-corrected chi connectivity index (χ0v) is 8.92. The predicted molar refractivity (Wildman–Crippen MR) is 60.1 cm³/mol. The van der Waals surface area contributed by atoms with Crippen LogP contribution < -0.4 is 0 Å². The third-order valence-corrected chi connectivity index (χ3v) is 2.50. The van der Waals surface area contributed by atoms with Crippen LogP contribution in [-0.2, 0) is 5.40 Å². The van der Waals surface area contributed by atoms with E-state index < -0.39 is 5.40 Å². The van der Waals surface area contributed by atoms with E-state index in [2.05, 4.69) is 4.98 Å². The van der Waals surface area contributed by atoms with Gasteiger partial charge in [-0.15, -0.1) is 0 Å². The number of aromatic nitrogens is 1. The zero-order valence-electron chi connectivity index (χ0n) is 8.92. The van der Waals surface area contributed by atoms with Gasteiger partial charge in [-0.2, -0.15) is 0 Å². The molecule has 1 unspecified atom stereocenters. The van der Waals surface area contributed by atoms with Gasteiger partial charge in [-0.3, -0.25) is 4.79 Å². The normalized spacial score (nSPS) is 19.6. The minimum Gasteiger partial charge on any atom is -0.403 e. The maximum absolute atomic E-state index is 11.8. The molecule has 1 fully saturated rings. The van der Waals surface area contributed by atoms with Crippen LogP contribution in [0.4, 0.5) is 0 Å². The second-order valence-electron chi connectivity index (χ2n) is 4.04. The van der Waals surface area contributed by atoms with Crippen LogP contribution in [0.25, 0.3) is 0 Å². The summed E-state index contributed by atoms with van der Waals surface area (Å²) in [5, 5.41) is 7.36. The summed E-state index contributed by atoms with van der Waals surface area (Å²) < 4.78 is 0. The van der Waals surface area contributed by atoms with Crippen LogP contribution in [0.3, 0.4) is 0 Å². The summed E-state index contributed by atoms with van der Waals surface area (Å²) in [6.07, 6.45) is 0. The largest absolute Gasteiger partial charge is 0.403 e. The molecule has 2 heterocycles. The van der Waals surface area contributed by atoms with Gasteiger partial charge in [-0.25, -0.2) is 4.98 Å². The highest BCUT2D eigenvalue weighted by atomic mass is 16.3. The first-order chi connectivity index (χ1) is 7.39. The number of carbonyl (C=O) groups excluding carboxylic acids is 1. The highest BCUT2D eigenvalue weighted by Gasteiger charge is 2.35. The lowest BCUT2D eigenvalue weighted by molar-refractivity contribution is 0.0870. The van der Waals surface area contributed by atoms with E-state index in [1.54, 1.807) is 17.0 Å². The monoisotopic (exact) mass is 212 g/mol. The quantitative estimate of drug-likeness (QED) is 0.524. The fourth-order valence-electron chi connectivity index (χ4n) is 1.44. The van der Waals surface area contributed by atoms with E-state index in [0.717, 1.165) is 6.54 Å². The van der Waals surface area contributed by atoms with Gasteiger partial charge in [0.2, 0.25) is 0 Å². The van der Waals surface area contributed by atoms with Gasteiger partial charge in [-0.05, 0) is 19.1 Å². The average Bonchev–Trinajstić information content (AvgIpc) is 2.93. The molecule has 2 rings (SSSR count). The standard InChI is InChI=1S/C10H10B2N2O2/c1-6-5-14(6)9(15)7-3-2-4-8(13-7)10(11,12)16/h2-4,6,16H,5H2,1H3. The Labute approximate surface area is 96.5 Å². The van der Waals surface area contributed by atoms with Crippen LogP contribution in [-0.4, -0.2) is 49.2 Å². The van der Waals surface area contributed by atoms with Gasteiger partial charge in [0.25, 0.3) is 5.91 Å². The lowest BCUT2D eigenvalue weighted by Crippen LogP contribution is -2.28. The SMILES string of the molecule is [B]C([B])(O)c1cccc(C(=O)N2CC2C)n1. The highest BCUT2D eigenvalue weighted by Crippen LogP contribution is 2.20. The number of nitrogens with zero attached hydrogens (tertiary/aromatic N) is 2. The number of aliphatic hydroxyl groups is 1. The van der Waals surface area contributed by atoms with Gasteiger partial charge in [0.15, 0.2) is 0 Å². The van der Waals surface area contributed by atoms with Crippen LogP contribution >= 0.6 is 0 Å². The van der Waals surface area contributed by atoms with Gasteiger partial charge < -0.3 is 10.0 Å². The molecule has 1 N–H and O–H groups in total. The summed E-state index contributed by atoms with van der Waals surface area (Å²) in [7, 11) is 10.6. The summed E-state index contributed by atoms with van der Waals surface area (Å²) in [6, 6.07) is 4.90. The lowest BCUT2D eigenvalue weighted by Gasteiger charge is -2.18. The topological polar surface area (TPSA) is 53.2 Å². The molecule has 78 valence electrons. The van der Waals surface area contributed by atoms with Crippen molar-refractivity contribution in [1.82, 2.24) is 9.88 Å². The van der Waals surface area contributed by atoms with Crippen molar-refractivity contribution in [3.8, 4) is 0 Å². The zero-order chi connectivity index (χ0) is 11.9. The number of rotatable bonds is 2. The van der Waals surface area contributed by atoms with Crippen LogP contribution in [0.15, 0.2) is 18.2 Å². The van der Waals surface area contributed by atoms with E-state index in [4.69, 9.17) is 15.7 Å². The Kier molecular flexibility index (Phi) is 2.54. The molecular weight excluding hydrogens is 202 g/mol. The lowest BCUT2D eigenvalue weighted by atomic mass is 9.63. The van der Waals surface area contributed by atoms with E-state index in [9.17, 15) is 9.90 Å². The third-order valence-electron chi connectivity index (χ3n) is 2.50. The van der Waals surface area contributed by atoms with Crippen molar-refractivity contribution in [3.63, 3.8) is 0 Å². The number of hydrogen-bond donors (Lipinski definition) is 1. The number of carbonyl (C=O) groups is 1. The fourth-order valence-corrected chi connectivity index (χ4v) is 1.44. The van der Waals surface area contributed by atoms with Gasteiger partial charge >= 0.3 is 0 Å². The summed E-state index contributed by atoms with van der Waals surface area (Å²) in [5.74, 6) is -0.168. The molecule has 1 saturated heterocycles. The van der Waals surface area contributed by atoms with Crippen molar-refractivity contribution in [3.05, 3.63) is 29.6 Å². The average molecular weight is 212 g/mol. The molecule has 4 radical (unpaired) electrons. The van der Waals surface area contributed by atoms with Crippen molar-refractivity contribution in [2.75, 3.05) is 6.54 Å². The van der Waals surface area contributed by atoms with E-state index in [-0.39, 0.29) is 23.3 Å². The summed E-state index contributed by atoms with van der Waals surface area (Å²) in [4.78, 5) is 17.4. The van der Waals surface area contributed by atoms with Crippen LogP contribution in [0.1, 0.15) is 23.1 Å². The maximum Gasteiger partial charge on any atom is 0.272 e. The molecule has 1 aromatic heterocycles. The molecule has 0 spiro atoms. The molecular formula is C10H10B2N2O2. The summed E-state index contributed by atoms with van der Waals surface area (Å²) in [6.45, 7) is 2.68. The molecule has 0 bridgehead atoms. The molecule has 0 aliphatic carbocycles. The first-order valence-corrected chi connectivity index (χ1v) is 4.98. The van der Waals surface area contributed by atoms with Crippen molar-refractivity contribution in [2.45, 2.75) is 18.4 Å². The van der Waals surface area contributed by atoms with E-state index >= 15 is 0 Å². The van der Waals surface area contributed by atoms with Crippen LogP contribution in [0, 0.1) is 0 Å². The first-order valence-electron chi connectivity index (χ1n) is 4.98. The Morgan fingerprint density at radius 1 is 1.62 bits per heavy atom. The van der Waals surface area contributed by atoms with Crippen molar-refractivity contribution in [1.29, 1.82) is 0 Å². The Bertz CT molecular complexity index is 431. The van der Waals surface area contributed by atoms with E-state index in [1.807, 2.05) is 6.92 Å². The Morgan fingerprint density at radius 3 is 2.75 bits per heavy atom. The Balaban J connectivity index is 2.26. The fraction of sp³-hybridized carbons (Fsp3) is 0.400. The molecule has 6 heteroatoms. The molecule has 1 aromatic rings. The van der Waals surface area contributed by atoms with Crippen molar-refractivity contribution >= 4 is 21.6 Å². The minimum atomic E-state index is -2.01. The predicted octanol–water partition coefficient (Wildman–Crippen LogP) is -0.635. The molecule has 0 aromatic carbocycles. The Hall–Kier alpha value is -1.29. The van der Waals surface area contributed by atoms with Gasteiger partial charge in [0, 0.05) is 18.0 Å². The van der Waals surface area contributed by atoms with E-state index in [0.29, 0.717) is 0 Å². The molecule has 16 heavy (non-hydrogen) atoms. The minimum absolute atomic E-state index is 0.0767. The second-order valence-corrected chi connectivity index (χ2v) is 4.04. The molecule has 0 saturated carbocycles. The Morgan fingerprint density at radius 2 is 2.25 bits per heavy atom. The summed E-state index contributed by atoms with van der Waals surface area (Å²) >= 11 is 0. The number of amides is 1. The number of hydrogen-bond acceptors (Lipinski definition) is 3. The van der Waals surface area contributed by atoms with E-state index in [1.165, 1.54) is 6.07 Å². The van der Waals surface area contributed by atoms with Crippen molar-refractivity contribution < 1.29 is 9.90 Å². The second kappa shape index (κ2) is 3.63. The number of pyridine rings is 1. The molecule has 1 atom stereocenters. The first kappa shape index (κ1) is 11.2. The van der Waals surface area contributed by atoms with Crippen LogP contribution in [0.5, 0.6) is 0 Å². The van der Waals surface area contributed by atoms with Gasteiger partial charge in [0.05, 0.1) is 5.69 Å². The summed E-state index contributed by atoms with van der Waals surface area (Å²) in [5.41, 5.74) is 0.323. The molecule has 1 aliphatic rings. The smallest absolute Gasteiger partial charge is 0.272 e. The molecule has 1 amide bonds. The van der Waals surface area contributed by atoms with Gasteiger partial charge in [-0.1, -0.05) is 6.07 Å². The van der Waals surface area contributed by atoms with Crippen molar-refractivity contribution in [2.24, 2.45) is 0 Å². The third kappa shape index (κ3) is 2.11. The maximum atomic E-state index is 11.8.